The van der Waals surface area contributed by atoms with E-state index in [1.807, 2.05) is 12.3 Å². The van der Waals surface area contributed by atoms with Crippen molar-refractivity contribution in [3.63, 3.8) is 0 Å². The summed E-state index contributed by atoms with van der Waals surface area (Å²) in [7, 11) is 2.05. The average molecular weight is 173 g/mol. The summed E-state index contributed by atoms with van der Waals surface area (Å²) in [6, 6.07) is 0. The monoisotopic (exact) mass is 173 g/mol. The molecule has 2 bridgehead atoms. The normalized spacial score (nSPS) is 20.8. The van der Waals surface area contributed by atoms with Crippen LogP contribution in [-0.2, 0) is 0 Å². The van der Waals surface area contributed by atoms with Gasteiger partial charge < -0.3 is 0 Å². The van der Waals surface area contributed by atoms with E-state index >= 15 is 0 Å². The van der Waals surface area contributed by atoms with Crippen LogP contribution in [-0.4, -0.2) is 24.1 Å². The number of fused-ring (bicyclic) bond motifs is 2. The molecule has 0 saturated carbocycles. The number of aliphatic imine (C=N–C) groups is 1. The molecule has 0 spiro atoms. The van der Waals surface area contributed by atoms with Crippen molar-refractivity contribution in [3.05, 3.63) is 35.2 Å². The minimum atomic E-state index is 0.944. The van der Waals surface area contributed by atoms with Gasteiger partial charge in [-0.2, -0.15) is 0 Å². The first-order chi connectivity index (χ1) is 6.27. The van der Waals surface area contributed by atoms with E-state index in [9.17, 15) is 0 Å². The third kappa shape index (κ3) is 1.52. The maximum absolute atomic E-state index is 4.40. The Morgan fingerprint density at radius 3 is 3.15 bits per heavy atom. The molecule has 2 aliphatic rings. The first kappa shape index (κ1) is 8.17. The zero-order chi connectivity index (χ0) is 9.26. The summed E-state index contributed by atoms with van der Waals surface area (Å²) in [6.45, 7) is 2.10. The lowest BCUT2D eigenvalue weighted by Crippen LogP contribution is -2.03. The Kier molecular flexibility index (Phi) is 1.97. The van der Waals surface area contributed by atoms with Gasteiger partial charge in [0, 0.05) is 25.6 Å². The van der Waals surface area contributed by atoms with E-state index in [2.05, 4.69) is 41.9 Å². The molecule has 2 heteroatoms. The first-order valence-electron chi connectivity index (χ1n) is 4.45. The fourth-order valence-corrected chi connectivity index (χ4v) is 1.46. The predicted molar refractivity (Wildman–Crippen MR) is 55.3 cm³/mol. The molecule has 0 radical (unpaired) electrons. The molecule has 2 aliphatic heterocycles. The second-order valence-corrected chi connectivity index (χ2v) is 3.35. The lowest BCUT2D eigenvalue weighted by molar-refractivity contribution is -0.438. The van der Waals surface area contributed by atoms with Crippen LogP contribution in [0.3, 0.4) is 0 Å². The molecular weight excluding hydrogens is 160 g/mol. The molecule has 0 fully saturated rings. The number of hydrogen-bond donors (Lipinski definition) is 0. The highest BCUT2D eigenvalue weighted by atomic mass is 15.0. The smallest absolute Gasteiger partial charge is 0.199 e. The summed E-state index contributed by atoms with van der Waals surface area (Å²) in [5, 5.41) is 0. The minimum absolute atomic E-state index is 0.944. The van der Waals surface area contributed by atoms with Crippen LogP contribution in [0.5, 0.6) is 0 Å². The summed E-state index contributed by atoms with van der Waals surface area (Å²) in [5.41, 5.74) is 3.70. The zero-order valence-electron chi connectivity index (χ0n) is 7.99. The molecule has 0 saturated heterocycles. The predicted octanol–water partition coefficient (Wildman–Crippen LogP) is 1.90. The Hall–Kier alpha value is -1.44. The largest absolute Gasteiger partial charge is 0.254 e. The van der Waals surface area contributed by atoms with Gasteiger partial charge in [0.25, 0.3) is 0 Å². The van der Waals surface area contributed by atoms with Crippen LogP contribution in [0, 0.1) is 0 Å². The van der Waals surface area contributed by atoms with Crippen LogP contribution in [0.15, 0.2) is 40.2 Å². The number of nitrogens with zero attached hydrogens (tertiary/aromatic N) is 2. The van der Waals surface area contributed by atoms with Gasteiger partial charge in [-0.25, -0.2) is 4.58 Å². The van der Waals surface area contributed by atoms with Crippen molar-refractivity contribution in [2.45, 2.75) is 13.3 Å². The van der Waals surface area contributed by atoms with Crippen LogP contribution in [0.4, 0.5) is 0 Å². The quantitative estimate of drug-likeness (QED) is 0.497. The van der Waals surface area contributed by atoms with Gasteiger partial charge in [-0.15, -0.1) is 0 Å². The first-order valence-corrected chi connectivity index (χ1v) is 4.45. The molecular formula is C11H13N2+. The molecule has 2 heterocycles. The van der Waals surface area contributed by atoms with Gasteiger partial charge in [0.2, 0.25) is 0 Å². The van der Waals surface area contributed by atoms with Crippen LogP contribution in [0.1, 0.15) is 13.3 Å². The third-order valence-corrected chi connectivity index (χ3v) is 2.46. The molecule has 0 amide bonds. The molecule has 0 aromatic heterocycles. The lowest BCUT2D eigenvalue weighted by Gasteiger charge is -1.99. The maximum atomic E-state index is 4.40. The standard InChI is InChI=1S/C11H13N2/c1-9-11-8-10(4-3-6-12-11)5-7-13(9)2/h3-7H,8H2,1-2H3/q+1. The molecule has 13 heavy (non-hydrogen) atoms. The summed E-state index contributed by atoms with van der Waals surface area (Å²) in [4.78, 5) is 4.40. The van der Waals surface area contributed by atoms with E-state index < -0.39 is 0 Å². The van der Waals surface area contributed by atoms with Gasteiger partial charge in [0.05, 0.1) is 0 Å². The van der Waals surface area contributed by atoms with Crippen LogP contribution in [0.25, 0.3) is 0 Å². The van der Waals surface area contributed by atoms with E-state index in [-0.39, 0.29) is 0 Å². The molecule has 2 rings (SSSR count). The van der Waals surface area contributed by atoms with Gasteiger partial charge in [-0.05, 0) is 11.6 Å². The van der Waals surface area contributed by atoms with Gasteiger partial charge in [0.15, 0.2) is 11.9 Å². The van der Waals surface area contributed by atoms with Gasteiger partial charge in [-0.1, -0.05) is 6.08 Å². The molecule has 0 unspecified atom stereocenters. The minimum Gasteiger partial charge on any atom is -0.254 e. The molecule has 0 aromatic rings. The molecule has 2 nitrogen and oxygen atoms in total. The van der Waals surface area contributed by atoms with Gasteiger partial charge >= 0.3 is 0 Å². The van der Waals surface area contributed by atoms with Crippen molar-refractivity contribution in [1.29, 1.82) is 0 Å². The van der Waals surface area contributed by atoms with Crippen molar-refractivity contribution >= 4 is 12.4 Å². The third-order valence-electron chi connectivity index (χ3n) is 2.46. The van der Waals surface area contributed by atoms with E-state index in [1.54, 1.807) is 0 Å². The number of hydrogen-bond acceptors (Lipinski definition) is 1. The van der Waals surface area contributed by atoms with Crippen molar-refractivity contribution in [3.8, 4) is 0 Å². The molecule has 0 aliphatic carbocycles. The number of allylic oxidation sites excluding steroid dienone is 5. The Morgan fingerprint density at radius 1 is 1.46 bits per heavy atom. The topological polar surface area (TPSA) is 15.4 Å². The highest BCUT2D eigenvalue weighted by molar-refractivity contribution is 5.77. The SMILES string of the molecule is CC1=C2CC(=CC=[N+]1C)C=CC=N2. The molecule has 0 N–H and O–H groups in total. The molecule has 0 aromatic carbocycles. The highest BCUT2D eigenvalue weighted by Crippen LogP contribution is 2.21. The molecule has 66 valence electrons. The maximum Gasteiger partial charge on any atom is 0.199 e. The fraction of sp³-hybridized carbons (Fsp3) is 0.273. The van der Waals surface area contributed by atoms with E-state index in [1.165, 1.54) is 11.3 Å². The Bertz CT molecular complexity index is 379. The van der Waals surface area contributed by atoms with Crippen LogP contribution in [0.2, 0.25) is 0 Å². The average Bonchev–Trinajstić information content (AvgIpc) is 2.43. The van der Waals surface area contributed by atoms with Crippen LogP contribution < -0.4 is 0 Å². The van der Waals surface area contributed by atoms with Crippen molar-refractivity contribution < 1.29 is 4.58 Å². The van der Waals surface area contributed by atoms with Crippen molar-refractivity contribution in [2.75, 3.05) is 7.05 Å². The highest BCUT2D eigenvalue weighted by Gasteiger charge is 2.14. The van der Waals surface area contributed by atoms with Gasteiger partial charge in [-0.3, -0.25) is 4.99 Å². The zero-order valence-corrected chi connectivity index (χ0v) is 7.99. The number of rotatable bonds is 0. The summed E-state index contributed by atoms with van der Waals surface area (Å²) >= 11 is 0. The second kappa shape index (κ2) is 3.13. The van der Waals surface area contributed by atoms with E-state index in [0.717, 1.165) is 12.1 Å². The van der Waals surface area contributed by atoms with E-state index in [0.29, 0.717) is 0 Å². The van der Waals surface area contributed by atoms with Crippen molar-refractivity contribution in [2.24, 2.45) is 4.99 Å². The van der Waals surface area contributed by atoms with Crippen LogP contribution >= 0.6 is 0 Å². The lowest BCUT2D eigenvalue weighted by atomic mass is 10.1. The van der Waals surface area contributed by atoms with Gasteiger partial charge in [0.1, 0.15) is 12.7 Å². The molecule has 0 atom stereocenters. The fourth-order valence-electron chi connectivity index (χ4n) is 1.46. The second-order valence-electron chi connectivity index (χ2n) is 3.35. The Morgan fingerprint density at radius 2 is 2.31 bits per heavy atom. The Labute approximate surface area is 78.3 Å². The summed E-state index contributed by atoms with van der Waals surface area (Å²) in [5.74, 6) is 0. The van der Waals surface area contributed by atoms with E-state index in [4.69, 9.17) is 0 Å². The van der Waals surface area contributed by atoms with Crippen molar-refractivity contribution in [1.82, 2.24) is 0 Å². The Balaban J connectivity index is 2.57. The summed E-state index contributed by atoms with van der Waals surface area (Å²) < 4.78 is 2.11. The summed E-state index contributed by atoms with van der Waals surface area (Å²) in [6.07, 6.45) is 11.1.